The lowest BCUT2D eigenvalue weighted by atomic mass is 9.79. The molecule has 6 heteroatoms. The number of unbranched alkanes of at least 4 members (excludes halogenated alkanes) is 1. The number of piperidine rings is 1. The van der Waals surface area contributed by atoms with Gasteiger partial charge in [0.15, 0.2) is 5.65 Å². The Kier molecular flexibility index (Phi) is 6.82. The third kappa shape index (κ3) is 4.39. The molecule has 32 heavy (non-hydrogen) atoms. The van der Waals surface area contributed by atoms with Crippen LogP contribution >= 0.6 is 0 Å². The van der Waals surface area contributed by atoms with Gasteiger partial charge < -0.3 is 9.30 Å². The molecule has 1 aliphatic rings. The maximum absolute atomic E-state index is 5.49. The number of methoxy groups -OCH3 is 1. The van der Waals surface area contributed by atoms with Gasteiger partial charge in [-0.3, -0.25) is 9.80 Å². The predicted octanol–water partition coefficient (Wildman–Crippen LogP) is 4.37. The van der Waals surface area contributed by atoms with Crippen LogP contribution in [0.15, 0.2) is 36.5 Å². The van der Waals surface area contributed by atoms with Crippen LogP contribution in [0, 0.1) is 0 Å². The minimum absolute atomic E-state index is 0.0441. The summed E-state index contributed by atoms with van der Waals surface area (Å²) in [4.78, 5) is 14.6. The zero-order valence-electron chi connectivity index (χ0n) is 20.3. The molecule has 172 valence electrons. The number of aromatic nitrogens is 3. The van der Waals surface area contributed by atoms with Crippen LogP contribution in [0.5, 0.6) is 5.75 Å². The van der Waals surface area contributed by atoms with Gasteiger partial charge in [0.25, 0.3) is 0 Å². The summed E-state index contributed by atoms with van der Waals surface area (Å²) in [5, 5.41) is 0. The smallest absolute Gasteiger partial charge is 0.159 e. The average Bonchev–Trinajstić information content (AvgIpc) is 3.12. The molecule has 0 saturated carbocycles. The van der Waals surface area contributed by atoms with Gasteiger partial charge in [-0.15, -0.1) is 0 Å². The van der Waals surface area contributed by atoms with E-state index in [1.54, 1.807) is 7.11 Å². The molecular formula is C26H37N5O. The van der Waals surface area contributed by atoms with E-state index in [4.69, 9.17) is 14.7 Å². The normalized spacial score (nSPS) is 16.7. The van der Waals surface area contributed by atoms with Crippen molar-refractivity contribution in [3.63, 3.8) is 0 Å². The number of benzene rings is 1. The average molecular weight is 436 g/mol. The Hall–Kier alpha value is -2.44. The summed E-state index contributed by atoms with van der Waals surface area (Å²) < 4.78 is 7.64. The van der Waals surface area contributed by atoms with Crippen molar-refractivity contribution in [3.05, 3.63) is 53.5 Å². The van der Waals surface area contributed by atoms with Crippen LogP contribution in [0.1, 0.15) is 49.6 Å². The van der Waals surface area contributed by atoms with E-state index in [0.29, 0.717) is 0 Å². The van der Waals surface area contributed by atoms with Crippen molar-refractivity contribution in [1.82, 2.24) is 24.3 Å². The van der Waals surface area contributed by atoms with Crippen molar-refractivity contribution in [2.45, 2.75) is 51.1 Å². The molecule has 0 bridgehead atoms. The highest BCUT2D eigenvalue weighted by Crippen LogP contribution is 2.39. The summed E-state index contributed by atoms with van der Waals surface area (Å²) in [5.74, 6) is 2.07. The Bertz CT molecular complexity index is 1050. The molecule has 3 aromatic rings. The largest absolute Gasteiger partial charge is 0.497 e. The number of rotatable bonds is 8. The number of imidazole rings is 1. The summed E-state index contributed by atoms with van der Waals surface area (Å²) in [5.41, 5.74) is 4.65. The molecule has 1 fully saturated rings. The van der Waals surface area contributed by atoms with Crippen molar-refractivity contribution in [3.8, 4) is 5.75 Å². The number of nitrogens with zero attached hydrogens (tertiary/aromatic N) is 5. The first-order chi connectivity index (χ1) is 15.5. The summed E-state index contributed by atoms with van der Waals surface area (Å²) in [7, 11) is 8.22. The van der Waals surface area contributed by atoms with E-state index in [2.05, 4.69) is 66.7 Å². The van der Waals surface area contributed by atoms with Gasteiger partial charge in [-0.2, -0.15) is 0 Å². The fourth-order valence-corrected chi connectivity index (χ4v) is 5.06. The van der Waals surface area contributed by atoms with Gasteiger partial charge in [0.05, 0.1) is 7.11 Å². The Morgan fingerprint density at radius 2 is 1.94 bits per heavy atom. The second-order valence-electron chi connectivity index (χ2n) is 9.31. The van der Waals surface area contributed by atoms with Crippen LogP contribution in [-0.2, 0) is 25.6 Å². The molecule has 0 atom stereocenters. The molecule has 4 rings (SSSR count). The van der Waals surface area contributed by atoms with Gasteiger partial charge in [-0.1, -0.05) is 25.5 Å². The topological polar surface area (TPSA) is 46.4 Å². The van der Waals surface area contributed by atoms with Crippen molar-refractivity contribution in [2.75, 3.05) is 34.3 Å². The van der Waals surface area contributed by atoms with E-state index in [1.165, 1.54) is 24.0 Å². The number of fused-ring (bicyclic) bond motifs is 1. The van der Waals surface area contributed by atoms with Gasteiger partial charge >= 0.3 is 0 Å². The van der Waals surface area contributed by atoms with Gasteiger partial charge in [0, 0.05) is 44.8 Å². The van der Waals surface area contributed by atoms with Crippen LogP contribution < -0.4 is 4.74 Å². The van der Waals surface area contributed by atoms with Gasteiger partial charge in [0.1, 0.15) is 17.1 Å². The maximum atomic E-state index is 5.49. The summed E-state index contributed by atoms with van der Waals surface area (Å²) in [6, 6.07) is 10.8. The number of hydrogen-bond donors (Lipinski definition) is 0. The first-order valence-corrected chi connectivity index (χ1v) is 11.8. The zero-order chi connectivity index (χ0) is 22.7. The minimum Gasteiger partial charge on any atom is -0.497 e. The molecule has 6 nitrogen and oxygen atoms in total. The fraction of sp³-hybridized carbons (Fsp3) is 0.538. The lowest BCUT2D eigenvalue weighted by Crippen LogP contribution is -2.50. The predicted molar refractivity (Wildman–Crippen MR) is 130 cm³/mol. The van der Waals surface area contributed by atoms with Gasteiger partial charge in [-0.05, 0) is 62.7 Å². The monoisotopic (exact) mass is 435 g/mol. The third-order valence-electron chi connectivity index (χ3n) is 7.16. The number of likely N-dealkylation sites (tertiary alicyclic amines) is 1. The Labute approximate surface area is 192 Å². The van der Waals surface area contributed by atoms with E-state index in [9.17, 15) is 0 Å². The van der Waals surface area contributed by atoms with Gasteiger partial charge in [0.2, 0.25) is 0 Å². The van der Waals surface area contributed by atoms with Crippen molar-refractivity contribution in [1.29, 1.82) is 0 Å². The van der Waals surface area contributed by atoms with E-state index in [-0.39, 0.29) is 5.54 Å². The van der Waals surface area contributed by atoms with Crippen molar-refractivity contribution in [2.24, 2.45) is 7.05 Å². The van der Waals surface area contributed by atoms with Crippen LogP contribution in [0.4, 0.5) is 0 Å². The molecule has 0 aliphatic carbocycles. The molecule has 3 heterocycles. The molecule has 1 aliphatic heterocycles. The molecular weight excluding hydrogens is 398 g/mol. The Balaban J connectivity index is 1.47. The highest BCUT2D eigenvalue weighted by Gasteiger charge is 2.38. The van der Waals surface area contributed by atoms with E-state index < -0.39 is 0 Å². The quantitative estimate of drug-likeness (QED) is 0.526. The highest BCUT2D eigenvalue weighted by molar-refractivity contribution is 5.72. The molecule has 0 N–H and O–H groups in total. The summed E-state index contributed by atoms with van der Waals surface area (Å²) >= 11 is 0. The third-order valence-corrected chi connectivity index (χ3v) is 7.16. The SMILES string of the molecule is CCCCc1nc2cc(CN3CCC(c4cccc(OC)c4)(N(C)C)CC3)cnc2n1C. The molecule has 0 unspecified atom stereocenters. The summed E-state index contributed by atoms with van der Waals surface area (Å²) in [6.45, 7) is 5.25. The van der Waals surface area contributed by atoms with Crippen LogP contribution in [0.2, 0.25) is 0 Å². The fourth-order valence-electron chi connectivity index (χ4n) is 5.06. The Morgan fingerprint density at radius 3 is 2.62 bits per heavy atom. The number of ether oxygens (including phenoxy) is 1. The van der Waals surface area contributed by atoms with E-state index in [1.807, 2.05) is 12.3 Å². The van der Waals surface area contributed by atoms with Crippen molar-refractivity contribution < 1.29 is 4.74 Å². The maximum Gasteiger partial charge on any atom is 0.159 e. The first-order valence-electron chi connectivity index (χ1n) is 11.8. The minimum atomic E-state index is 0.0441. The van der Waals surface area contributed by atoms with E-state index >= 15 is 0 Å². The van der Waals surface area contributed by atoms with Crippen LogP contribution in [0.25, 0.3) is 11.2 Å². The second kappa shape index (κ2) is 9.59. The second-order valence-corrected chi connectivity index (χ2v) is 9.31. The van der Waals surface area contributed by atoms with Crippen LogP contribution in [0.3, 0.4) is 0 Å². The number of hydrogen-bond acceptors (Lipinski definition) is 5. The van der Waals surface area contributed by atoms with Crippen molar-refractivity contribution >= 4 is 11.2 Å². The Morgan fingerprint density at radius 1 is 1.16 bits per heavy atom. The standard InChI is InChI=1S/C26H37N5O/c1-6-7-11-24-28-23-16-20(18-27-25(23)30(24)4)19-31-14-12-26(13-15-31,29(2)3)21-9-8-10-22(17-21)32-5/h8-10,16-18H,6-7,11-15,19H2,1-5H3. The number of pyridine rings is 1. The highest BCUT2D eigenvalue weighted by atomic mass is 16.5. The molecule has 1 saturated heterocycles. The van der Waals surface area contributed by atoms with Crippen LogP contribution in [-0.4, -0.2) is 58.6 Å². The van der Waals surface area contributed by atoms with E-state index in [0.717, 1.165) is 61.6 Å². The molecule has 0 radical (unpaired) electrons. The zero-order valence-corrected chi connectivity index (χ0v) is 20.3. The lowest BCUT2D eigenvalue weighted by molar-refractivity contribution is 0.0505. The number of aryl methyl sites for hydroxylation is 2. The van der Waals surface area contributed by atoms with Gasteiger partial charge in [-0.25, -0.2) is 9.97 Å². The first kappa shape index (κ1) is 22.7. The molecule has 0 spiro atoms. The summed E-state index contributed by atoms with van der Waals surface area (Å²) in [6.07, 6.45) is 7.58. The molecule has 2 aromatic heterocycles. The molecule has 1 aromatic carbocycles. The lowest BCUT2D eigenvalue weighted by Gasteiger charge is -2.46. The molecule has 0 amide bonds.